The van der Waals surface area contributed by atoms with E-state index in [-0.39, 0.29) is 5.82 Å². The molecule has 0 fully saturated rings. The van der Waals surface area contributed by atoms with Gasteiger partial charge in [0.1, 0.15) is 0 Å². The number of thioether (sulfide) groups is 1. The van der Waals surface area contributed by atoms with Gasteiger partial charge >= 0.3 is 0 Å². The maximum atomic E-state index is 13.8. The number of hydrogen-bond donors (Lipinski definition) is 1. The Hall–Kier alpha value is -0.740. The lowest BCUT2D eigenvalue weighted by atomic mass is 10.2. The van der Waals surface area contributed by atoms with Crippen LogP contribution in [0.4, 0.5) is 4.39 Å². The third-order valence-corrected chi connectivity index (χ3v) is 3.73. The standard InChI is InChI=1S/C15H24FNOS/c1-18-14-9-7-8-13(15(14)16)12-17-10-5-3-4-6-11-19-2/h7-9,17H,3-6,10-12H2,1-2H3. The molecule has 2 nitrogen and oxygen atoms in total. The fourth-order valence-corrected chi connectivity index (χ4v) is 2.42. The molecule has 0 saturated heterocycles. The number of methoxy groups -OCH3 is 1. The summed E-state index contributed by atoms with van der Waals surface area (Å²) in [6.45, 7) is 1.50. The van der Waals surface area contributed by atoms with Crippen LogP contribution < -0.4 is 10.1 Å². The minimum atomic E-state index is -0.252. The Labute approximate surface area is 120 Å². The Balaban J connectivity index is 2.16. The van der Waals surface area contributed by atoms with Gasteiger partial charge in [0.15, 0.2) is 11.6 Å². The van der Waals surface area contributed by atoms with Crippen LogP contribution >= 0.6 is 11.8 Å². The van der Waals surface area contributed by atoms with Crippen molar-refractivity contribution in [3.63, 3.8) is 0 Å². The minimum Gasteiger partial charge on any atom is -0.494 e. The molecule has 0 aromatic heterocycles. The summed E-state index contributed by atoms with van der Waals surface area (Å²) in [7, 11) is 1.49. The lowest BCUT2D eigenvalue weighted by molar-refractivity contribution is 0.383. The Morgan fingerprint density at radius 2 is 2.00 bits per heavy atom. The molecular weight excluding hydrogens is 261 g/mol. The molecule has 0 atom stereocenters. The largest absolute Gasteiger partial charge is 0.494 e. The van der Waals surface area contributed by atoms with Crippen LogP contribution in [-0.2, 0) is 6.54 Å². The first-order valence-corrected chi connectivity index (χ1v) is 8.20. The molecule has 1 N–H and O–H groups in total. The molecule has 0 amide bonds. The van der Waals surface area contributed by atoms with E-state index in [4.69, 9.17) is 4.74 Å². The first kappa shape index (κ1) is 16.3. The number of ether oxygens (including phenoxy) is 1. The number of nitrogens with one attached hydrogen (secondary N) is 1. The summed E-state index contributed by atoms with van der Waals surface area (Å²) in [6, 6.07) is 5.26. The van der Waals surface area contributed by atoms with Crippen LogP contribution in [0.2, 0.25) is 0 Å². The monoisotopic (exact) mass is 285 g/mol. The second-order valence-corrected chi connectivity index (χ2v) is 5.50. The van der Waals surface area contributed by atoms with Crippen molar-refractivity contribution >= 4 is 11.8 Å². The summed E-state index contributed by atoms with van der Waals surface area (Å²) in [5.41, 5.74) is 0.668. The van der Waals surface area contributed by atoms with E-state index in [1.54, 1.807) is 12.1 Å². The smallest absolute Gasteiger partial charge is 0.169 e. The molecule has 0 radical (unpaired) electrons. The van der Waals surface area contributed by atoms with Gasteiger partial charge in [0.25, 0.3) is 0 Å². The second-order valence-electron chi connectivity index (χ2n) is 4.52. The van der Waals surface area contributed by atoms with Crippen molar-refractivity contribution in [2.75, 3.05) is 25.7 Å². The highest BCUT2D eigenvalue weighted by molar-refractivity contribution is 7.98. The van der Waals surface area contributed by atoms with E-state index in [1.165, 1.54) is 32.1 Å². The first-order chi connectivity index (χ1) is 9.29. The predicted octanol–water partition coefficient (Wildman–Crippen LogP) is 3.85. The van der Waals surface area contributed by atoms with Crippen LogP contribution in [0.5, 0.6) is 5.75 Å². The van der Waals surface area contributed by atoms with E-state index in [1.807, 2.05) is 17.8 Å². The van der Waals surface area contributed by atoms with Gasteiger partial charge in [-0.15, -0.1) is 0 Å². The van der Waals surface area contributed by atoms with Gasteiger partial charge in [-0.1, -0.05) is 25.0 Å². The molecule has 19 heavy (non-hydrogen) atoms. The number of halogens is 1. The Morgan fingerprint density at radius 1 is 1.21 bits per heavy atom. The highest BCUT2D eigenvalue weighted by Crippen LogP contribution is 2.19. The average molecular weight is 285 g/mol. The van der Waals surface area contributed by atoms with Crippen molar-refractivity contribution in [2.24, 2.45) is 0 Å². The maximum Gasteiger partial charge on any atom is 0.169 e. The molecule has 0 saturated carbocycles. The maximum absolute atomic E-state index is 13.8. The molecule has 0 bridgehead atoms. The highest BCUT2D eigenvalue weighted by atomic mass is 32.2. The Morgan fingerprint density at radius 3 is 2.74 bits per heavy atom. The fraction of sp³-hybridized carbons (Fsp3) is 0.600. The van der Waals surface area contributed by atoms with Gasteiger partial charge in [-0.3, -0.25) is 0 Å². The van der Waals surface area contributed by atoms with Crippen molar-refractivity contribution < 1.29 is 9.13 Å². The van der Waals surface area contributed by atoms with Gasteiger partial charge in [0.05, 0.1) is 7.11 Å². The summed E-state index contributed by atoms with van der Waals surface area (Å²) < 4.78 is 18.8. The third-order valence-electron chi connectivity index (χ3n) is 3.03. The molecule has 0 aliphatic heterocycles. The van der Waals surface area contributed by atoms with Crippen molar-refractivity contribution in [2.45, 2.75) is 32.2 Å². The normalized spacial score (nSPS) is 10.7. The molecule has 0 spiro atoms. The van der Waals surface area contributed by atoms with Crippen molar-refractivity contribution in [3.05, 3.63) is 29.6 Å². The summed E-state index contributed by atoms with van der Waals surface area (Å²) in [4.78, 5) is 0. The van der Waals surface area contributed by atoms with Crippen LogP contribution in [0.3, 0.4) is 0 Å². The molecule has 0 aliphatic carbocycles. The number of benzene rings is 1. The summed E-state index contributed by atoms with van der Waals surface area (Å²) in [6.07, 6.45) is 7.13. The molecule has 0 aliphatic rings. The summed E-state index contributed by atoms with van der Waals surface area (Å²) >= 11 is 1.90. The van der Waals surface area contributed by atoms with Crippen molar-refractivity contribution in [1.29, 1.82) is 0 Å². The predicted molar refractivity (Wildman–Crippen MR) is 81.5 cm³/mol. The number of unbranched alkanes of at least 4 members (excludes halogenated alkanes) is 3. The van der Waals surface area contributed by atoms with E-state index in [0.717, 1.165) is 13.0 Å². The van der Waals surface area contributed by atoms with E-state index in [0.29, 0.717) is 17.9 Å². The number of hydrogen-bond acceptors (Lipinski definition) is 3. The van der Waals surface area contributed by atoms with Crippen LogP contribution in [0, 0.1) is 5.82 Å². The fourth-order valence-electron chi connectivity index (χ4n) is 1.92. The minimum absolute atomic E-state index is 0.252. The molecule has 108 valence electrons. The first-order valence-electron chi connectivity index (χ1n) is 6.80. The highest BCUT2D eigenvalue weighted by Gasteiger charge is 2.07. The van der Waals surface area contributed by atoms with Gasteiger partial charge in [0.2, 0.25) is 0 Å². The van der Waals surface area contributed by atoms with Crippen LogP contribution in [0.25, 0.3) is 0 Å². The topological polar surface area (TPSA) is 21.3 Å². The molecule has 1 rings (SSSR count). The summed E-state index contributed by atoms with van der Waals surface area (Å²) in [5, 5.41) is 3.28. The lowest BCUT2D eigenvalue weighted by Crippen LogP contribution is -2.15. The Bertz CT molecular complexity index is 360. The quantitative estimate of drug-likeness (QED) is 0.660. The molecule has 1 aromatic rings. The van der Waals surface area contributed by atoms with Gasteiger partial charge in [-0.25, -0.2) is 4.39 Å². The molecular formula is C15H24FNOS. The van der Waals surface area contributed by atoms with E-state index < -0.39 is 0 Å². The molecule has 0 unspecified atom stereocenters. The molecule has 0 heterocycles. The molecule has 1 aromatic carbocycles. The van der Waals surface area contributed by atoms with Crippen LogP contribution in [0.15, 0.2) is 18.2 Å². The summed E-state index contributed by atoms with van der Waals surface area (Å²) in [5.74, 6) is 1.32. The zero-order valence-electron chi connectivity index (χ0n) is 11.9. The van der Waals surface area contributed by atoms with Crippen LogP contribution in [0.1, 0.15) is 31.2 Å². The van der Waals surface area contributed by atoms with Crippen molar-refractivity contribution in [1.82, 2.24) is 5.32 Å². The lowest BCUT2D eigenvalue weighted by Gasteiger charge is -2.08. The average Bonchev–Trinajstić information content (AvgIpc) is 2.43. The van der Waals surface area contributed by atoms with Gasteiger partial charge in [-0.05, 0) is 37.5 Å². The van der Waals surface area contributed by atoms with Gasteiger partial charge in [0, 0.05) is 12.1 Å². The zero-order valence-corrected chi connectivity index (χ0v) is 12.7. The van der Waals surface area contributed by atoms with Gasteiger partial charge < -0.3 is 10.1 Å². The van der Waals surface area contributed by atoms with Gasteiger partial charge in [-0.2, -0.15) is 11.8 Å². The number of rotatable bonds is 10. The van der Waals surface area contributed by atoms with E-state index in [2.05, 4.69) is 11.6 Å². The van der Waals surface area contributed by atoms with E-state index in [9.17, 15) is 4.39 Å². The van der Waals surface area contributed by atoms with Crippen molar-refractivity contribution in [3.8, 4) is 5.75 Å². The van der Waals surface area contributed by atoms with E-state index >= 15 is 0 Å². The third kappa shape index (κ3) is 6.30. The van der Waals surface area contributed by atoms with Crippen LogP contribution in [-0.4, -0.2) is 25.7 Å². The second kappa shape index (κ2) is 10.1. The SMILES string of the molecule is COc1cccc(CNCCCCCCSC)c1F. The Kier molecular flexibility index (Phi) is 8.67. The zero-order chi connectivity index (χ0) is 13.9. The molecule has 4 heteroatoms.